The summed E-state index contributed by atoms with van der Waals surface area (Å²) in [6.45, 7) is 5.37. The molecule has 1 rings (SSSR count). The molecule has 0 radical (unpaired) electrons. The highest BCUT2D eigenvalue weighted by atomic mass is 32.2. The van der Waals surface area contributed by atoms with Gasteiger partial charge in [0, 0.05) is 58.9 Å². The predicted molar refractivity (Wildman–Crippen MR) is 88.5 cm³/mol. The van der Waals surface area contributed by atoms with Crippen LogP contribution in [0, 0.1) is 10.1 Å². The number of nitrogens with zero attached hydrogens (tertiary/aromatic N) is 1. The molecule has 0 amide bonds. The van der Waals surface area contributed by atoms with Gasteiger partial charge in [-0.25, -0.2) is 0 Å². The summed E-state index contributed by atoms with van der Waals surface area (Å²) in [4.78, 5) is 10.6. The maximum absolute atomic E-state index is 11.3. The highest BCUT2D eigenvalue weighted by molar-refractivity contribution is 7.84. The molecule has 0 fully saturated rings. The second kappa shape index (κ2) is 8.61. The van der Waals surface area contributed by atoms with Gasteiger partial charge in [-0.1, -0.05) is 13.8 Å². The van der Waals surface area contributed by atoms with Crippen LogP contribution < -0.4 is 10.6 Å². The van der Waals surface area contributed by atoms with Crippen molar-refractivity contribution < 1.29 is 9.13 Å². The molecular formula is C14H23N3O3S. The summed E-state index contributed by atoms with van der Waals surface area (Å²) in [7, 11) is -0.849. The zero-order chi connectivity index (χ0) is 15.8. The number of anilines is 2. The van der Waals surface area contributed by atoms with Gasteiger partial charge in [0.25, 0.3) is 5.69 Å². The van der Waals surface area contributed by atoms with Crippen LogP contribution in [0.5, 0.6) is 0 Å². The van der Waals surface area contributed by atoms with E-state index in [1.165, 1.54) is 12.1 Å². The lowest BCUT2D eigenvalue weighted by Crippen LogP contribution is -2.15. The molecule has 7 heteroatoms. The Kier molecular flexibility index (Phi) is 7.14. The molecule has 0 heterocycles. The molecule has 0 bridgehead atoms. The lowest BCUT2D eigenvalue weighted by molar-refractivity contribution is -0.384. The standard InChI is InChI=1S/C14H23N3O3S/c1-4-6-15-12-8-13(10-14(9-12)17(18)19)16-7-5-11(2)21(3)20/h8-11,15-16H,4-7H2,1-3H3. The van der Waals surface area contributed by atoms with Gasteiger partial charge in [0.05, 0.1) is 4.92 Å². The van der Waals surface area contributed by atoms with Crippen molar-refractivity contribution in [2.45, 2.75) is 31.9 Å². The summed E-state index contributed by atoms with van der Waals surface area (Å²) >= 11 is 0. The van der Waals surface area contributed by atoms with Gasteiger partial charge in [-0.3, -0.25) is 14.3 Å². The Bertz CT molecular complexity index is 508. The molecule has 21 heavy (non-hydrogen) atoms. The topological polar surface area (TPSA) is 84.3 Å². The fourth-order valence-electron chi connectivity index (χ4n) is 1.78. The Morgan fingerprint density at radius 1 is 1.24 bits per heavy atom. The molecular weight excluding hydrogens is 290 g/mol. The van der Waals surface area contributed by atoms with E-state index in [1.807, 2.05) is 19.9 Å². The lowest BCUT2D eigenvalue weighted by atomic mass is 10.2. The van der Waals surface area contributed by atoms with E-state index in [0.717, 1.165) is 25.1 Å². The Hall–Kier alpha value is -1.63. The molecule has 2 atom stereocenters. The number of nitro groups is 1. The molecule has 118 valence electrons. The number of benzene rings is 1. The van der Waals surface area contributed by atoms with Crippen molar-refractivity contribution in [2.24, 2.45) is 0 Å². The van der Waals surface area contributed by atoms with Crippen molar-refractivity contribution in [3.8, 4) is 0 Å². The number of hydrogen-bond acceptors (Lipinski definition) is 5. The van der Waals surface area contributed by atoms with E-state index < -0.39 is 15.7 Å². The van der Waals surface area contributed by atoms with E-state index >= 15 is 0 Å². The normalized spacial score (nSPS) is 13.5. The fourth-order valence-corrected chi connectivity index (χ4v) is 2.23. The molecule has 2 unspecified atom stereocenters. The van der Waals surface area contributed by atoms with Crippen molar-refractivity contribution in [3.63, 3.8) is 0 Å². The monoisotopic (exact) mass is 313 g/mol. The van der Waals surface area contributed by atoms with Gasteiger partial charge in [0.2, 0.25) is 0 Å². The van der Waals surface area contributed by atoms with Crippen molar-refractivity contribution >= 4 is 27.9 Å². The van der Waals surface area contributed by atoms with Crippen molar-refractivity contribution in [1.82, 2.24) is 0 Å². The van der Waals surface area contributed by atoms with Crippen LogP contribution in [0.2, 0.25) is 0 Å². The van der Waals surface area contributed by atoms with E-state index in [-0.39, 0.29) is 10.9 Å². The average Bonchev–Trinajstić information content (AvgIpc) is 2.44. The van der Waals surface area contributed by atoms with Crippen LogP contribution >= 0.6 is 0 Å². The Morgan fingerprint density at radius 3 is 2.29 bits per heavy atom. The second-order valence-corrected chi connectivity index (χ2v) is 6.78. The zero-order valence-corrected chi connectivity index (χ0v) is 13.5. The first-order chi connectivity index (χ1) is 9.93. The molecule has 0 saturated heterocycles. The van der Waals surface area contributed by atoms with Gasteiger partial charge in [0.1, 0.15) is 0 Å². The van der Waals surface area contributed by atoms with Gasteiger partial charge in [-0.2, -0.15) is 0 Å². The van der Waals surface area contributed by atoms with Crippen LogP contribution in [-0.4, -0.2) is 33.7 Å². The van der Waals surface area contributed by atoms with Gasteiger partial charge >= 0.3 is 0 Å². The second-order valence-electron chi connectivity index (χ2n) is 4.98. The van der Waals surface area contributed by atoms with E-state index in [2.05, 4.69) is 10.6 Å². The van der Waals surface area contributed by atoms with Crippen LogP contribution in [0.25, 0.3) is 0 Å². The molecule has 0 aliphatic rings. The molecule has 1 aromatic carbocycles. The highest BCUT2D eigenvalue weighted by Gasteiger charge is 2.10. The van der Waals surface area contributed by atoms with Crippen LogP contribution in [0.4, 0.5) is 17.1 Å². The number of nitro benzene ring substituents is 1. The fraction of sp³-hybridized carbons (Fsp3) is 0.571. The third-order valence-corrected chi connectivity index (χ3v) is 4.52. The van der Waals surface area contributed by atoms with Gasteiger partial charge < -0.3 is 10.6 Å². The van der Waals surface area contributed by atoms with E-state index in [9.17, 15) is 14.3 Å². The van der Waals surface area contributed by atoms with Crippen molar-refractivity contribution in [1.29, 1.82) is 0 Å². The SMILES string of the molecule is CCCNc1cc(NCCC(C)S(C)=O)cc([N+](=O)[O-])c1. The molecule has 0 aromatic heterocycles. The van der Waals surface area contributed by atoms with Gasteiger partial charge in [0.15, 0.2) is 0 Å². The minimum absolute atomic E-state index is 0.0609. The Balaban J connectivity index is 2.73. The summed E-state index contributed by atoms with van der Waals surface area (Å²) in [6, 6.07) is 4.91. The summed E-state index contributed by atoms with van der Waals surface area (Å²) in [5.74, 6) is 0. The van der Waals surface area contributed by atoms with Crippen molar-refractivity contribution in [3.05, 3.63) is 28.3 Å². The average molecular weight is 313 g/mol. The van der Waals surface area contributed by atoms with E-state index in [1.54, 1.807) is 6.26 Å². The van der Waals surface area contributed by atoms with Gasteiger partial charge in [-0.05, 0) is 18.9 Å². The van der Waals surface area contributed by atoms with Crippen LogP contribution in [0.15, 0.2) is 18.2 Å². The zero-order valence-electron chi connectivity index (χ0n) is 12.7. The van der Waals surface area contributed by atoms with E-state index in [4.69, 9.17) is 0 Å². The maximum atomic E-state index is 11.3. The number of rotatable bonds is 9. The largest absolute Gasteiger partial charge is 0.385 e. The van der Waals surface area contributed by atoms with E-state index in [0.29, 0.717) is 12.2 Å². The molecule has 1 aromatic rings. The van der Waals surface area contributed by atoms with Crippen molar-refractivity contribution in [2.75, 3.05) is 30.0 Å². The summed E-state index contributed by atoms with van der Waals surface area (Å²) in [6.07, 6.45) is 3.39. The minimum atomic E-state index is -0.849. The first kappa shape index (κ1) is 17.4. The maximum Gasteiger partial charge on any atom is 0.273 e. The van der Waals surface area contributed by atoms with Crippen LogP contribution in [0.3, 0.4) is 0 Å². The Labute approximate surface area is 127 Å². The third kappa shape index (κ3) is 6.12. The lowest BCUT2D eigenvalue weighted by Gasteiger charge is -2.12. The molecule has 0 aliphatic carbocycles. The van der Waals surface area contributed by atoms with Crippen LogP contribution in [0.1, 0.15) is 26.7 Å². The quantitative estimate of drug-likeness (QED) is 0.541. The third-order valence-electron chi connectivity index (χ3n) is 3.15. The summed E-state index contributed by atoms with van der Waals surface area (Å²) < 4.78 is 11.3. The molecule has 0 aliphatic heterocycles. The first-order valence-electron chi connectivity index (χ1n) is 7.03. The predicted octanol–water partition coefficient (Wildman–Crippen LogP) is 2.99. The first-order valence-corrected chi connectivity index (χ1v) is 8.65. The molecule has 0 saturated carbocycles. The molecule has 2 N–H and O–H groups in total. The Morgan fingerprint density at radius 2 is 1.81 bits per heavy atom. The number of nitrogens with one attached hydrogen (secondary N) is 2. The molecule has 6 nitrogen and oxygen atoms in total. The molecule has 0 spiro atoms. The smallest absolute Gasteiger partial charge is 0.273 e. The number of non-ortho nitro benzene ring substituents is 1. The van der Waals surface area contributed by atoms with Gasteiger partial charge in [-0.15, -0.1) is 0 Å². The number of hydrogen-bond donors (Lipinski definition) is 2. The minimum Gasteiger partial charge on any atom is -0.385 e. The summed E-state index contributed by atoms with van der Waals surface area (Å²) in [5, 5.41) is 17.4. The summed E-state index contributed by atoms with van der Waals surface area (Å²) in [5.41, 5.74) is 1.50. The van der Waals surface area contributed by atoms with Crippen LogP contribution in [-0.2, 0) is 10.8 Å². The highest BCUT2D eigenvalue weighted by Crippen LogP contribution is 2.24.